The van der Waals surface area contributed by atoms with Gasteiger partial charge in [-0.25, -0.2) is 18.1 Å². The third kappa shape index (κ3) is 2.98. The van der Waals surface area contributed by atoms with Gasteiger partial charge in [0.25, 0.3) is 5.91 Å². The highest BCUT2D eigenvalue weighted by Gasteiger charge is 2.22. The lowest BCUT2D eigenvalue weighted by molar-refractivity contribution is 0.102. The van der Waals surface area contributed by atoms with E-state index in [1.165, 1.54) is 23.6 Å². The summed E-state index contributed by atoms with van der Waals surface area (Å²) in [5.74, 6) is 0.106. The number of sulfone groups is 1. The molecule has 0 saturated carbocycles. The van der Waals surface area contributed by atoms with Crippen LogP contribution in [0.25, 0.3) is 10.2 Å². The fraction of sp³-hybridized carbons (Fsp3) is 0.267. The van der Waals surface area contributed by atoms with Gasteiger partial charge in [-0.2, -0.15) is 5.10 Å². The van der Waals surface area contributed by atoms with Gasteiger partial charge in [0.1, 0.15) is 5.56 Å². The zero-order chi connectivity index (χ0) is 17.6. The summed E-state index contributed by atoms with van der Waals surface area (Å²) in [7, 11) is -3.29. The van der Waals surface area contributed by atoms with E-state index in [0.717, 1.165) is 19.2 Å². The first-order chi connectivity index (χ1) is 11.9. The molecule has 0 radical (unpaired) electrons. The molecule has 0 saturated heterocycles. The van der Waals surface area contributed by atoms with Gasteiger partial charge in [0, 0.05) is 19.2 Å². The maximum absolute atomic E-state index is 12.5. The molecule has 0 spiro atoms. The molecular formula is C15H14N4O4S2. The third-order valence-electron chi connectivity index (χ3n) is 3.80. The number of nitrogens with zero attached hydrogens (tertiary/aromatic N) is 3. The van der Waals surface area contributed by atoms with E-state index < -0.39 is 9.84 Å². The van der Waals surface area contributed by atoms with Crippen LogP contribution in [0.3, 0.4) is 0 Å². The van der Waals surface area contributed by atoms with Crippen molar-refractivity contribution in [3.8, 4) is 5.88 Å². The summed E-state index contributed by atoms with van der Waals surface area (Å²) in [5.41, 5.74) is 0.983. The van der Waals surface area contributed by atoms with Gasteiger partial charge in [0.15, 0.2) is 15.0 Å². The number of ether oxygens (including phenoxy) is 1. The maximum atomic E-state index is 12.5. The van der Waals surface area contributed by atoms with Crippen molar-refractivity contribution in [3.05, 3.63) is 30.0 Å². The van der Waals surface area contributed by atoms with Crippen molar-refractivity contribution >= 4 is 42.4 Å². The quantitative estimate of drug-likeness (QED) is 0.747. The molecule has 1 aliphatic heterocycles. The van der Waals surface area contributed by atoms with Crippen molar-refractivity contribution in [2.45, 2.75) is 17.9 Å². The van der Waals surface area contributed by atoms with Crippen LogP contribution in [-0.4, -0.2) is 42.0 Å². The summed E-state index contributed by atoms with van der Waals surface area (Å²) in [4.78, 5) is 17.0. The summed E-state index contributed by atoms with van der Waals surface area (Å²) in [6.45, 7) is 1.28. The average Bonchev–Trinajstić information content (AvgIpc) is 3.16. The largest absolute Gasteiger partial charge is 0.477 e. The molecule has 0 unspecified atom stereocenters. The Kier molecular flexibility index (Phi) is 3.73. The Bertz CT molecular complexity index is 1080. The van der Waals surface area contributed by atoms with Gasteiger partial charge in [0.05, 0.1) is 27.9 Å². The van der Waals surface area contributed by atoms with Crippen molar-refractivity contribution in [1.82, 2.24) is 14.8 Å². The minimum atomic E-state index is -3.29. The predicted molar refractivity (Wildman–Crippen MR) is 93.0 cm³/mol. The molecule has 10 heteroatoms. The van der Waals surface area contributed by atoms with Crippen molar-refractivity contribution in [2.75, 3.05) is 18.2 Å². The number of benzene rings is 1. The molecule has 0 bridgehead atoms. The number of fused-ring (bicyclic) bond motifs is 2. The Balaban J connectivity index is 1.62. The first-order valence-corrected chi connectivity index (χ1v) is 10.2. The lowest BCUT2D eigenvalue weighted by atomic mass is 10.3. The molecule has 8 nitrogen and oxygen atoms in total. The van der Waals surface area contributed by atoms with Gasteiger partial charge < -0.3 is 4.74 Å². The zero-order valence-electron chi connectivity index (χ0n) is 13.2. The van der Waals surface area contributed by atoms with Crippen molar-refractivity contribution < 1.29 is 17.9 Å². The van der Waals surface area contributed by atoms with Gasteiger partial charge in [-0.05, 0) is 18.2 Å². The highest BCUT2D eigenvalue weighted by atomic mass is 32.2. The average molecular weight is 378 g/mol. The molecule has 3 aromatic rings. The van der Waals surface area contributed by atoms with Crippen LogP contribution in [0, 0.1) is 0 Å². The number of carbonyl (C=O) groups is 1. The standard InChI is InChI=1S/C15H14N4O4S2/c1-25(21,22)9-3-4-11-12(7-9)24-15(17-11)18-13(20)10-8-16-19-5-2-6-23-14(10)19/h3-4,7-8H,2,5-6H2,1H3,(H,17,18,20). The molecule has 1 amide bonds. The highest BCUT2D eigenvalue weighted by molar-refractivity contribution is 7.90. The van der Waals surface area contributed by atoms with E-state index in [0.29, 0.717) is 33.4 Å². The molecule has 1 aliphatic rings. The predicted octanol–water partition coefficient (Wildman–Crippen LogP) is 1.93. The molecule has 1 N–H and O–H groups in total. The van der Waals surface area contributed by atoms with Gasteiger partial charge in [-0.15, -0.1) is 0 Å². The first kappa shape index (κ1) is 16.0. The van der Waals surface area contributed by atoms with Gasteiger partial charge >= 0.3 is 0 Å². The van der Waals surface area contributed by atoms with E-state index in [9.17, 15) is 13.2 Å². The van der Waals surface area contributed by atoms with Crippen molar-refractivity contribution in [3.63, 3.8) is 0 Å². The third-order valence-corrected chi connectivity index (χ3v) is 5.84. The van der Waals surface area contributed by atoms with E-state index in [-0.39, 0.29) is 10.8 Å². The molecule has 2 aromatic heterocycles. The molecule has 130 valence electrons. The number of hydrogen-bond acceptors (Lipinski definition) is 7. The highest BCUT2D eigenvalue weighted by Crippen LogP contribution is 2.29. The summed E-state index contributed by atoms with van der Waals surface area (Å²) in [5, 5.41) is 7.27. The van der Waals surface area contributed by atoms with Gasteiger partial charge in [0.2, 0.25) is 5.88 Å². The Hall–Kier alpha value is -2.46. The fourth-order valence-corrected chi connectivity index (χ4v) is 4.20. The van der Waals surface area contributed by atoms with E-state index in [1.54, 1.807) is 16.8 Å². The van der Waals surface area contributed by atoms with Crippen LogP contribution < -0.4 is 10.1 Å². The second-order valence-corrected chi connectivity index (χ2v) is 8.71. The fourth-order valence-electron chi connectivity index (χ4n) is 2.58. The molecule has 1 aromatic carbocycles. The first-order valence-electron chi connectivity index (χ1n) is 7.52. The zero-order valence-corrected chi connectivity index (χ0v) is 14.9. The summed E-state index contributed by atoms with van der Waals surface area (Å²) in [6, 6.07) is 4.69. The number of carbonyl (C=O) groups excluding carboxylic acids is 1. The molecule has 4 rings (SSSR count). The van der Waals surface area contributed by atoms with Gasteiger partial charge in [-0.1, -0.05) is 11.3 Å². The number of aromatic nitrogens is 3. The van der Waals surface area contributed by atoms with Crippen LogP contribution in [0.1, 0.15) is 16.8 Å². The number of hydrogen-bond donors (Lipinski definition) is 1. The van der Waals surface area contributed by atoms with Crippen LogP contribution in [0.4, 0.5) is 5.13 Å². The van der Waals surface area contributed by atoms with Gasteiger partial charge in [-0.3, -0.25) is 10.1 Å². The number of aryl methyl sites for hydroxylation is 1. The number of thiazole rings is 1. The lowest BCUT2D eigenvalue weighted by Crippen LogP contribution is -2.18. The van der Waals surface area contributed by atoms with Crippen molar-refractivity contribution in [1.29, 1.82) is 0 Å². The lowest BCUT2D eigenvalue weighted by Gasteiger charge is -2.15. The topological polar surface area (TPSA) is 103 Å². The van der Waals surface area contributed by atoms with E-state index in [4.69, 9.17) is 4.74 Å². The summed E-state index contributed by atoms with van der Waals surface area (Å²) < 4.78 is 31.2. The van der Waals surface area contributed by atoms with Crippen LogP contribution in [-0.2, 0) is 16.4 Å². The molecule has 0 atom stereocenters. The Morgan fingerprint density at radius 1 is 1.40 bits per heavy atom. The second kappa shape index (κ2) is 5.81. The second-order valence-electron chi connectivity index (χ2n) is 5.66. The Morgan fingerprint density at radius 2 is 2.24 bits per heavy atom. The maximum Gasteiger partial charge on any atom is 0.264 e. The van der Waals surface area contributed by atoms with Crippen LogP contribution in [0.5, 0.6) is 5.88 Å². The SMILES string of the molecule is CS(=O)(=O)c1ccc2nc(NC(=O)c3cnn4c3OCCC4)sc2c1. The monoisotopic (exact) mass is 378 g/mol. The minimum absolute atomic E-state index is 0.223. The summed E-state index contributed by atoms with van der Waals surface area (Å²) >= 11 is 1.22. The molecular weight excluding hydrogens is 364 g/mol. The molecule has 0 fully saturated rings. The smallest absolute Gasteiger partial charge is 0.264 e. The van der Waals surface area contributed by atoms with E-state index in [1.807, 2.05) is 0 Å². The molecule has 25 heavy (non-hydrogen) atoms. The number of amides is 1. The normalized spacial score (nSPS) is 14.1. The molecule has 3 heterocycles. The number of nitrogens with one attached hydrogen (secondary N) is 1. The number of rotatable bonds is 3. The summed E-state index contributed by atoms with van der Waals surface area (Å²) in [6.07, 6.45) is 3.49. The van der Waals surface area contributed by atoms with Crippen molar-refractivity contribution in [2.24, 2.45) is 0 Å². The Labute approximate surface area is 147 Å². The van der Waals surface area contributed by atoms with Crippen LogP contribution >= 0.6 is 11.3 Å². The van der Waals surface area contributed by atoms with E-state index in [2.05, 4.69) is 15.4 Å². The van der Waals surface area contributed by atoms with E-state index >= 15 is 0 Å². The number of anilines is 1. The van der Waals surface area contributed by atoms with Crippen LogP contribution in [0.15, 0.2) is 29.3 Å². The molecule has 0 aliphatic carbocycles. The Morgan fingerprint density at radius 3 is 3.04 bits per heavy atom. The van der Waals surface area contributed by atoms with Crippen LogP contribution in [0.2, 0.25) is 0 Å². The minimum Gasteiger partial charge on any atom is -0.477 e.